The summed E-state index contributed by atoms with van der Waals surface area (Å²) in [6, 6.07) is 8.23. The molecule has 2 aromatic heterocycles. The van der Waals surface area contributed by atoms with Gasteiger partial charge in [-0.1, -0.05) is 36.9 Å². The summed E-state index contributed by atoms with van der Waals surface area (Å²) in [5.74, 6) is 0.858. The molecule has 0 unspecified atom stereocenters. The third-order valence-electron chi connectivity index (χ3n) is 3.18. The number of aryl methyl sites for hydroxylation is 1. The third kappa shape index (κ3) is 3.04. The molecule has 0 aliphatic heterocycles. The summed E-state index contributed by atoms with van der Waals surface area (Å²) in [6.45, 7) is 6.76. The van der Waals surface area contributed by atoms with Crippen LogP contribution in [0.5, 0.6) is 0 Å². The van der Waals surface area contributed by atoms with Crippen LogP contribution in [0.25, 0.3) is 11.0 Å². The molecule has 0 aliphatic rings. The maximum atomic E-state index is 4.73. The summed E-state index contributed by atoms with van der Waals surface area (Å²) in [5.41, 5.74) is 3.33. The van der Waals surface area contributed by atoms with Gasteiger partial charge in [-0.2, -0.15) is 0 Å². The van der Waals surface area contributed by atoms with Crippen molar-refractivity contribution in [2.75, 3.05) is 0 Å². The van der Waals surface area contributed by atoms with E-state index in [1.54, 1.807) is 23.1 Å². The lowest BCUT2D eigenvalue weighted by Gasteiger charge is -2.04. The number of hydrogen-bond acceptors (Lipinski definition) is 4. The van der Waals surface area contributed by atoms with Gasteiger partial charge in [-0.3, -0.25) is 0 Å². The summed E-state index contributed by atoms with van der Waals surface area (Å²) < 4.78 is 2.21. The van der Waals surface area contributed by atoms with Crippen molar-refractivity contribution in [1.82, 2.24) is 14.5 Å². The fourth-order valence-electron chi connectivity index (χ4n) is 2.19. The van der Waals surface area contributed by atoms with E-state index in [1.165, 1.54) is 5.01 Å². The van der Waals surface area contributed by atoms with Gasteiger partial charge in [-0.25, -0.2) is 9.97 Å². The van der Waals surface area contributed by atoms with E-state index in [2.05, 4.69) is 40.6 Å². The third-order valence-corrected chi connectivity index (χ3v) is 5.23. The predicted octanol–water partition coefficient (Wildman–Crippen LogP) is 4.53. The Hall–Kier alpha value is -1.59. The monoisotopic (exact) mass is 315 g/mol. The molecule has 21 heavy (non-hydrogen) atoms. The van der Waals surface area contributed by atoms with Gasteiger partial charge in [-0.15, -0.1) is 17.9 Å². The minimum atomic E-state index is 0.778. The number of hydrogen-bond donors (Lipinski definition) is 0. The molecule has 108 valence electrons. The van der Waals surface area contributed by atoms with Crippen LogP contribution in [0, 0.1) is 0 Å². The second kappa shape index (κ2) is 6.45. The Morgan fingerprint density at radius 1 is 1.33 bits per heavy atom. The van der Waals surface area contributed by atoms with Crippen LogP contribution in [-0.4, -0.2) is 14.5 Å². The molecule has 0 aliphatic carbocycles. The van der Waals surface area contributed by atoms with E-state index in [9.17, 15) is 0 Å². The van der Waals surface area contributed by atoms with Crippen molar-refractivity contribution in [2.24, 2.45) is 0 Å². The Bertz CT molecular complexity index is 758. The van der Waals surface area contributed by atoms with Gasteiger partial charge in [0, 0.05) is 17.7 Å². The first kappa shape index (κ1) is 14.4. The first-order chi connectivity index (χ1) is 10.3. The van der Waals surface area contributed by atoms with Crippen LogP contribution in [0.15, 0.2) is 47.5 Å². The lowest BCUT2D eigenvalue weighted by atomic mass is 10.3. The minimum Gasteiger partial charge on any atom is -0.315 e. The Kier molecular flexibility index (Phi) is 4.41. The van der Waals surface area contributed by atoms with Crippen LogP contribution >= 0.6 is 23.1 Å². The van der Waals surface area contributed by atoms with E-state index in [0.717, 1.165) is 40.6 Å². The van der Waals surface area contributed by atoms with Gasteiger partial charge in [0.25, 0.3) is 0 Å². The van der Waals surface area contributed by atoms with Crippen LogP contribution in [0.2, 0.25) is 0 Å². The largest absolute Gasteiger partial charge is 0.315 e. The molecular formula is C16H17N3S2. The number of nitrogens with zero attached hydrogens (tertiary/aromatic N) is 3. The van der Waals surface area contributed by atoms with Gasteiger partial charge < -0.3 is 4.57 Å². The van der Waals surface area contributed by atoms with Gasteiger partial charge in [0.2, 0.25) is 0 Å². The van der Waals surface area contributed by atoms with E-state index in [1.807, 2.05) is 18.2 Å². The number of aromatic nitrogens is 3. The lowest BCUT2D eigenvalue weighted by Crippen LogP contribution is -1.97. The number of para-hydroxylation sites is 2. The summed E-state index contributed by atoms with van der Waals surface area (Å²) in [4.78, 5) is 9.34. The number of imidazole rings is 1. The molecule has 0 saturated heterocycles. The van der Waals surface area contributed by atoms with Gasteiger partial charge in [-0.05, 0) is 18.6 Å². The second-order valence-corrected chi connectivity index (χ2v) is 6.54. The molecular weight excluding hydrogens is 298 g/mol. The van der Waals surface area contributed by atoms with Crippen LogP contribution in [0.1, 0.15) is 17.6 Å². The smallest absolute Gasteiger partial charge is 0.169 e. The zero-order chi connectivity index (χ0) is 14.7. The van der Waals surface area contributed by atoms with E-state index in [-0.39, 0.29) is 0 Å². The fourth-order valence-corrected chi connectivity index (χ4v) is 3.95. The summed E-state index contributed by atoms with van der Waals surface area (Å²) in [7, 11) is 0. The Labute approximate surface area is 132 Å². The number of benzene rings is 1. The minimum absolute atomic E-state index is 0.778. The Morgan fingerprint density at radius 2 is 2.19 bits per heavy atom. The number of rotatable bonds is 6. The quantitative estimate of drug-likeness (QED) is 0.494. The van der Waals surface area contributed by atoms with E-state index in [4.69, 9.17) is 4.98 Å². The molecule has 0 spiro atoms. The summed E-state index contributed by atoms with van der Waals surface area (Å²) in [6.07, 6.45) is 2.92. The van der Waals surface area contributed by atoms with Crippen molar-refractivity contribution < 1.29 is 0 Å². The molecule has 1 aromatic carbocycles. The number of thioether (sulfide) groups is 1. The average Bonchev–Trinajstić information content (AvgIpc) is 3.10. The standard InChI is InChI=1S/C16H17N3S2/c1-3-9-19-14-8-6-5-7-13(14)18-16(19)21-11-12-10-20-15(4-2)17-12/h3,5-8,10H,1,4,9,11H2,2H3. The number of allylic oxidation sites excluding steroid dienone is 1. The molecule has 0 N–H and O–H groups in total. The molecule has 3 nitrogen and oxygen atoms in total. The Morgan fingerprint density at radius 3 is 2.95 bits per heavy atom. The van der Waals surface area contributed by atoms with Crippen molar-refractivity contribution in [3.05, 3.63) is 53.0 Å². The van der Waals surface area contributed by atoms with Crippen molar-refractivity contribution in [3.8, 4) is 0 Å². The molecule has 0 amide bonds. The van der Waals surface area contributed by atoms with E-state index in [0.29, 0.717) is 0 Å². The molecule has 5 heteroatoms. The van der Waals surface area contributed by atoms with Gasteiger partial charge in [0.1, 0.15) is 0 Å². The molecule has 0 radical (unpaired) electrons. The molecule has 2 heterocycles. The first-order valence-electron chi connectivity index (χ1n) is 6.94. The summed E-state index contributed by atoms with van der Waals surface area (Å²) in [5, 5.41) is 4.37. The number of thiazole rings is 1. The maximum absolute atomic E-state index is 4.73. The van der Waals surface area contributed by atoms with Crippen molar-refractivity contribution >= 4 is 34.1 Å². The topological polar surface area (TPSA) is 30.7 Å². The molecule has 0 fully saturated rings. The van der Waals surface area contributed by atoms with Crippen molar-refractivity contribution in [1.29, 1.82) is 0 Å². The van der Waals surface area contributed by atoms with Crippen molar-refractivity contribution in [3.63, 3.8) is 0 Å². The van der Waals surface area contributed by atoms with E-state index >= 15 is 0 Å². The highest BCUT2D eigenvalue weighted by Crippen LogP contribution is 2.27. The normalized spacial score (nSPS) is 11.1. The van der Waals surface area contributed by atoms with E-state index < -0.39 is 0 Å². The average molecular weight is 315 g/mol. The zero-order valence-corrected chi connectivity index (χ0v) is 13.6. The SMILES string of the molecule is C=CCn1c(SCc2csc(CC)n2)nc2ccccc21. The molecule has 0 saturated carbocycles. The highest BCUT2D eigenvalue weighted by molar-refractivity contribution is 7.98. The molecule has 3 rings (SSSR count). The molecule has 3 aromatic rings. The van der Waals surface area contributed by atoms with Crippen molar-refractivity contribution in [2.45, 2.75) is 30.8 Å². The first-order valence-corrected chi connectivity index (χ1v) is 8.80. The van der Waals surface area contributed by atoms with Gasteiger partial charge >= 0.3 is 0 Å². The molecule has 0 bridgehead atoms. The fraction of sp³-hybridized carbons (Fsp3) is 0.250. The van der Waals surface area contributed by atoms with Crippen LogP contribution < -0.4 is 0 Å². The highest BCUT2D eigenvalue weighted by Gasteiger charge is 2.11. The predicted molar refractivity (Wildman–Crippen MR) is 91.0 cm³/mol. The summed E-state index contributed by atoms with van der Waals surface area (Å²) >= 11 is 3.47. The lowest BCUT2D eigenvalue weighted by molar-refractivity contribution is 0.748. The highest BCUT2D eigenvalue weighted by atomic mass is 32.2. The van der Waals surface area contributed by atoms with Crippen LogP contribution in [-0.2, 0) is 18.7 Å². The van der Waals surface area contributed by atoms with Crippen LogP contribution in [0.4, 0.5) is 0 Å². The second-order valence-electron chi connectivity index (χ2n) is 4.66. The maximum Gasteiger partial charge on any atom is 0.169 e. The van der Waals surface area contributed by atoms with Gasteiger partial charge in [0.05, 0.1) is 21.7 Å². The number of fused-ring (bicyclic) bond motifs is 1. The Balaban J connectivity index is 1.85. The molecule has 0 atom stereocenters. The van der Waals surface area contributed by atoms with Gasteiger partial charge in [0.15, 0.2) is 5.16 Å². The van der Waals surface area contributed by atoms with Crippen LogP contribution in [0.3, 0.4) is 0 Å². The zero-order valence-electron chi connectivity index (χ0n) is 12.0.